The fourth-order valence-corrected chi connectivity index (χ4v) is 3.22. The summed E-state index contributed by atoms with van der Waals surface area (Å²) in [6.45, 7) is -0.432. The lowest BCUT2D eigenvalue weighted by molar-refractivity contribution is -0.117. The minimum absolute atomic E-state index is 0.103. The van der Waals surface area contributed by atoms with Crippen molar-refractivity contribution in [3.63, 3.8) is 0 Å². The lowest BCUT2D eigenvalue weighted by Gasteiger charge is -2.29. The number of carbonyl (C=O) groups excluding carboxylic acids is 1. The first kappa shape index (κ1) is 19.4. The Morgan fingerprint density at radius 3 is 2.69 bits per heavy atom. The number of nitrogens with one attached hydrogen (secondary N) is 1. The first-order valence-electron chi connectivity index (χ1n) is 8.67. The Kier molecular flexibility index (Phi) is 5.22. The van der Waals surface area contributed by atoms with Crippen LogP contribution in [0.4, 0.5) is 14.7 Å². The summed E-state index contributed by atoms with van der Waals surface area (Å²) in [4.78, 5) is 32.3. The maximum absolute atomic E-state index is 13.1. The molecule has 1 aliphatic carbocycles. The number of hydrogen-bond donors (Lipinski definition) is 1. The van der Waals surface area contributed by atoms with Crippen molar-refractivity contribution in [3.8, 4) is 5.88 Å². The largest absolute Gasteiger partial charge is 0.473 e. The second kappa shape index (κ2) is 7.82. The Labute approximate surface area is 171 Å². The number of ether oxygens (including phenoxy) is 1. The van der Waals surface area contributed by atoms with Gasteiger partial charge < -0.3 is 4.74 Å². The zero-order chi connectivity index (χ0) is 20.5. The van der Waals surface area contributed by atoms with E-state index < -0.39 is 30.0 Å². The molecule has 8 nitrogen and oxygen atoms in total. The molecule has 0 unspecified atom stereocenters. The van der Waals surface area contributed by atoms with E-state index in [9.17, 15) is 18.4 Å². The number of anilines is 1. The van der Waals surface area contributed by atoms with Crippen LogP contribution in [0.25, 0.3) is 10.8 Å². The van der Waals surface area contributed by atoms with E-state index in [0.717, 1.165) is 21.5 Å². The number of alkyl halides is 1. The lowest BCUT2D eigenvalue weighted by Crippen LogP contribution is -2.36. The third-order valence-electron chi connectivity index (χ3n) is 4.37. The van der Waals surface area contributed by atoms with Gasteiger partial charge in [0.1, 0.15) is 18.8 Å². The molecule has 11 heteroatoms. The summed E-state index contributed by atoms with van der Waals surface area (Å²) >= 11 is 3.34. The predicted molar refractivity (Wildman–Crippen MR) is 103 cm³/mol. The van der Waals surface area contributed by atoms with Gasteiger partial charge in [-0.3, -0.25) is 14.9 Å². The molecule has 1 N–H and O–H groups in total. The second-order valence-corrected chi connectivity index (χ2v) is 7.46. The van der Waals surface area contributed by atoms with Gasteiger partial charge in [0.05, 0.1) is 23.2 Å². The van der Waals surface area contributed by atoms with E-state index in [1.54, 1.807) is 18.2 Å². The Hall–Kier alpha value is -2.95. The molecule has 0 atom stereocenters. The smallest absolute Gasteiger partial charge is 0.275 e. The van der Waals surface area contributed by atoms with Crippen molar-refractivity contribution in [1.29, 1.82) is 0 Å². The van der Waals surface area contributed by atoms with Gasteiger partial charge in [0.25, 0.3) is 5.56 Å². The van der Waals surface area contributed by atoms with Crippen LogP contribution in [0.3, 0.4) is 0 Å². The van der Waals surface area contributed by atoms with Gasteiger partial charge in [-0.2, -0.15) is 0 Å². The first-order chi connectivity index (χ1) is 13.9. The molecule has 1 aliphatic rings. The normalized spacial score (nSPS) is 18.3. The quantitative estimate of drug-likeness (QED) is 0.621. The highest BCUT2D eigenvalue weighted by Crippen LogP contribution is 2.31. The number of hydrogen-bond acceptors (Lipinski definition) is 6. The number of fused-ring (bicyclic) bond motifs is 1. The minimum Gasteiger partial charge on any atom is -0.473 e. The molecule has 1 aromatic carbocycles. The summed E-state index contributed by atoms with van der Waals surface area (Å²) in [7, 11) is 0. The molecule has 3 aromatic rings. The van der Waals surface area contributed by atoms with Gasteiger partial charge in [-0.15, -0.1) is 5.10 Å². The Bertz CT molecular complexity index is 1130. The molecule has 2 aromatic heterocycles. The topological polar surface area (TPSA) is 99.0 Å². The van der Waals surface area contributed by atoms with E-state index in [1.807, 2.05) is 0 Å². The Morgan fingerprint density at radius 2 is 2.00 bits per heavy atom. The fourth-order valence-electron chi connectivity index (χ4n) is 2.85. The van der Waals surface area contributed by atoms with Gasteiger partial charge >= 0.3 is 0 Å². The van der Waals surface area contributed by atoms with Crippen LogP contribution in [-0.2, 0) is 11.3 Å². The van der Waals surface area contributed by atoms with Gasteiger partial charge in [-0.05, 0) is 18.2 Å². The maximum atomic E-state index is 13.1. The number of nitrogens with zero attached hydrogens (tertiary/aromatic N) is 4. The van der Waals surface area contributed by atoms with Crippen molar-refractivity contribution in [2.75, 3.05) is 5.32 Å². The number of rotatable bonds is 5. The number of aromatic nitrogens is 4. The van der Waals surface area contributed by atoms with E-state index in [-0.39, 0.29) is 30.8 Å². The van der Waals surface area contributed by atoms with Crippen LogP contribution in [0.15, 0.2) is 39.9 Å². The summed E-state index contributed by atoms with van der Waals surface area (Å²) < 4.78 is 33.5. The molecule has 0 saturated heterocycles. The number of halogens is 3. The molecular formula is C18H14BrF2N5O3. The standard InChI is InChI=1S/C18H14BrF2N5O3/c19-9-1-2-13-14(3-9)16(29-12-4-10(20)5-12)25-26(17(13)28)8-15(27)24-18-22-6-11(21)7-23-18/h1-3,6-7,10,12H,4-5,8H2,(H,22,23,24,27)/t10-,12-. The Balaban J connectivity index is 1.63. The van der Waals surface area contributed by atoms with E-state index >= 15 is 0 Å². The molecule has 1 amide bonds. The summed E-state index contributed by atoms with van der Waals surface area (Å²) in [6, 6.07) is 4.96. The van der Waals surface area contributed by atoms with E-state index in [2.05, 4.69) is 36.3 Å². The average molecular weight is 466 g/mol. The lowest BCUT2D eigenvalue weighted by atomic mass is 9.94. The zero-order valence-corrected chi connectivity index (χ0v) is 16.4. The number of carbonyl (C=O) groups is 1. The summed E-state index contributed by atoms with van der Waals surface area (Å²) in [5.74, 6) is -1.23. The zero-order valence-electron chi connectivity index (χ0n) is 14.8. The van der Waals surface area contributed by atoms with Crippen LogP contribution in [0.1, 0.15) is 12.8 Å². The van der Waals surface area contributed by atoms with Crippen molar-refractivity contribution >= 4 is 38.6 Å². The highest BCUT2D eigenvalue weighted by Gasteiger charge is 2.32. The summed E-state index contributed by atoms with van der Waals surface area (Å²) in [6.07, 6.45) is 1.06. The molecule has 0 aliphatic heterocycles. The van der Waals surface area contributed by atoms with Gasteiger partial charge in [0.2, 0.25) is 17.7 Å². The molecule has 0 radical (unpaired) electrons. The monoisotopic (exact) mass is 465 g/mol. The fraction of sp³-hybridized carbons (Fsp3) is 0.278. The third-order valence-corrected chi connectivity index (χ3v) is 4.86. The van der Waals surface area contributed by atoms with Crippen molar-refractivity contribution < 1.29 is 18.3 Å². The highest BCUT2D eigenvalue weighted by molar-refractivity contribution is 9.10. The van der Waals surface area contributed by atoms with E-state index in [4.69, 9.17) is 4.74 Å². The molecular weight excluding hydrogens is 452 g/mol. The van der Waals surface area contributed by atoms with E-state index in [1.165, 1.54) is 0 Å². The average Bonchev–Trinajstić information content (AvgIpc) is 2.66. The number of benzene rings is 1. The number of amides is 1. The molecule has 150 valence electrons. The summed E-state index contributed by atoms with van der Waals surface area (Å²) in [5, 5.41) is 7.29. The maximum Gasteiger partial charge on any atom is 0.275 e. The SMILES string of the molecule is O=C(Cn1nc(O[C@H]2C[C@H](F)C2)c2cc(Br)ccc2c1=O)Nc1ncc(F)cn1. The van der Waals surface area contributed by atoms with Gasteiger partial charge in [-0.1, -0.05) is 15.9 Å². The van der Waals surface area contributed by atoms with Crippen molar-refractivity contribution in [3.05, 3.63) is 51.2 Å². The molecule has 4 rings (SSSR count). The van der Waals surface area contributed by atoms with Crippen molar-refractivity contribution in [1.82, 2.24) is 19.7 Å². The van der Waals surface area contributed by atoms with Gasteiger partial charge in [0.15, 0.2) is 5.82 Å². The van der Waals surface area contributed by atoms with E-state index in [0.29, 0.717) is 10.8 Å². The van der Waals surface area contributed by atoms with Crippen LogP contribution in [0.5, 0.6) is 5.88 Å². The second-order valence-electron chi connectivity index (χ2n) is 6.54. The van der Waals surface area contributed by atoms with Crippen LogP contribution in [-0.4, -0.2) is 37.9 Å². The van der Waals surface area contributed by atoms with Crippen LogP contribution in [0.2, 0.25) is 0 Å². The molecule has 2 heterocycles. The van der Waals surface area contributed by atoms with Gasteiger partial charge in [0, 0.05) is 17.3 Å². The van der Waals surface area contributed by atoms with Crippen LogP contribution in [0, 0.1) is 5.82 Å². The minimum atomic E-state index is -0.912. The molecule has 0 spiro atoms. The molecule has 0 bridgehead atoms. The van der Waals surface area contributed by atoms with Crippen molar-refractivity contribution in [2.24, 2.45) is 0 Å². The molecule has 1 fully saturated rings. The van der Waals surface area contributed by atoms with Crippen LogP contribution < -0.4 is 15.6 Å². The van der Waals surface area contributed by atoms with Crippen LogP contribution >= 0.6 is 15.9 Å². The molecule has 29 heavy (non-hydrogen) atoms. The Morgan fingerprint density at radius 1 is 1.28 bits per heavy atom. The molecule has 1 saturated carbocycles. The highest BCUT2D eigenvalue weighted by atomic mass is 79.9. The van der Waals surface area contributed by atoms with Crippen molar-refractivity contribution in [2.45, 2.75) is 31.7 Å². The summed E-state index contributed by atoms with van der Waals surface area (Å²) in [5.41, 5.74) is -0.494. The third kappa shape index (κ3) is 4.24. The van der Waals surface area contributed by atoms with Gasteiger partial charge in [-0.25, -0.2) is 23.4 Å². The predicted octanol–water partition coefficient (Wildman–Crippen LogP) is 2.61. The first-order valence-corrected chi connectivity index (χ1v) is 9.47.